The molecule has 0 saturated heterocycles. The number of halogens is 1. The third kappa shape index (κ3) is 0.979. The first kappa shape index (κ1) is 7.85. The fourth-order valence-corrected chi connectivity index (χ4v) is 1.80. The lowest BCUT2D eigenvalue weighted by atomic mass is 10.3. The summed E-state index contributed by atoms with van der Waals surface area (Å²) in [5.41, 5.74) is 7.74. The summed E-state index contributed by atoms with van der Waals surface area (Å²) in [7, 11) is 1.92. The van der Waals surface area contributed by atoms with E-state index >= 15 is 0 Å². The fourth-order valence-electron chi connectivity index (χ4n) is 1.20. The van der Waals surface area contributed by atoms with Crippen molar-refractivity contribution in [2.45, 2.75) is 0 Å². The van der Waals surface area contributed by atoms with E-state index in [0.717, 1.165) is 14.6 Å². The zero-order valence-corrected chi connectivity index (χ0v) is 8.74. The number of nitrogen functional groups attached to an aromatic ring is 1. The normalized spacial score (nSPS) is 10.8. The molecule has 1 aromatic carbocycles. The number of hydrogen-bond acceptors (Lipinski definition) is 2. The summed E-state index contributed by atoms with van der Waals surface area (Å²) in [6.07, 6.45) is 0. The zero-order valence-electron chi connectivity index (χ0n) is 6.58. The van der Waals surface area contributed by atoms with Gasteiger partial charge in [0.05, 0.1) is 5.52 Å². The standard InChI is InChI=1S/C8H8IN3/c1-12-6-4-2-3-5(9)7(6)11-8(12)10/h2-4H,1H3,(H2,10,11). The summed E-state index contributed by atoms with van der Waals surface area (Å²) < 4.78 is 3.02. The second kappa shape index (κ2) is 2.62. The van der Waals surface area contributed by atoms with Gasteiger partial charge in [0.1, 0.15) is 5.52 Å². The highest BCUT2D eigenvalue weighted by atomic mass is 127. The largest absolute Gasteiger partial charge is 0.369 e. The molecule has 3 nitrogen and oxygen atoms in total. The number of imidazole rings is 1. The summed E-state index contributed by atoms with van der Waals surface area (Å²) in [4.78, 5) is 4.25. The van der Waals surface area contributed by atoms with Gasteiger partial charge in [-0.2, -0.15) is 0 Å². The van der Waals surface area contributed by atoms with Crippen molar-refractivity contribution in [1.82, 2.24) is 9.55 Å². The van der Waals surface area contributed by atoms with Gasteiger partial charge in [-0.1, -0.05) is 6.07 Å². The SMILES string of the molecule is Cn1c(N)nc2c(I)cccc21. The number of anilines is 1. The van der Waals surface area contributed by atoms with Crippen LogP contribution in [0.4, 0.5) is 5.95 Å². The molecule has 1 heterocycles. The van der Waals surface area contributed by atoms with Gasteiger partial charge in [-0.15, -0.1) is 0 Å². The van der Waals surface area contributed by atoms with Crippen LogP contribution < -0.4 is 5.73 Å². The van der Waals surface area contributed by atoms with Crippen LogP contribution in [-0.4, -0.2) is 9.55 Å². The molecule has 0 aliphatic rings. The molecule has 0 atom stereocenters. The number of nitrogens with zero attached hydrogens (tertiary/aromatic N) is 2. The molecule has 0 saturated carbocycles. The van der Waals surface area contributed by atoms with Crippen molar-refractivity contribution < 1.29 is 0 Å². The molecule has 12 heavy (non-hydrogen) atoms. The number of hydrogen-bond donors (Lipinski definition) is 1. The molecule has 0 bridgehead atoms. The number of aromatic nitrogens is 2. The van der Waals surface area contributed by atoms with Crippen LogP contribution >= 0.6 is 22.6 Å². The van der Waals surface area contributed by atoms with Gasteiger partial charge in [-0.05, 0) is 34.7 Å². The molecule has 1 aromatic heterocycles. The van der Waals surface area contributed by atoms with E-state index in [1.807, 2.05) is 29.8 Å². The number of benzene rings is 1. The number of nitrogens with two attached hydrogens (primary N) is 1. The first-order valence-corrected chi connectivity index (χ1v) is 4.64. The second-order valence-corrected chi connectivity index (χ2v) is 3.80. The van der Waals surface area contributed by atoms with Crippen molar-refractivity contribution in [1.29, 1.82) is 0 Å². The summed E-state index contributed by atoms with van der Waals surface area (Å²) in [5, 5.41) is 0. The molecule has 0 radical (unpaired) electrons. The molecule has 0 aliphatic heterocycles. The van der Waals surface area contributed by atoms with Crippen molar-refractivity contribution in [2.75, 3.05) is 5.73 Å². The number of aryl methyl sites for hydroxylation is 1. The van der Waals surface area contributed by atoms with Crippen LogP contribution in [0.15, 0.2) is 18.2 Å². The van der Waals surface area contributed by atoms with E-state index < -0.39 is 0 Å². The molecular formula is C8H8IN3. The van der Waals surface area contributed by atoms with E-state index in [9.17, 15) is 0 Å². The summed E-state index contributed by atoms with van der Waals surface area (Å²) in [5.74, 6) is 0.564. The molecule has 2 rings (SSSR count). The summed E-state index contributed by atoms with van der Waals surface area (Å²) in [6, 6.07) is 6.04. The Labute approximate surface area is 83.7 Å². The Balaban J connectivity index is 2.95. The Bertz CT molecular complexity index is 433. The van der Waals surface area contributed by atoms with Crippen LogP contribution in [0.3, 0.4) is 0 Å². The Hall–Kier alpha value is -0.780. The van der Waals surface area contributed by atoms with E-state index in [-0.39, 0.29) is 0 Å². The average molecular weight is 273 g/mol. The fraction of sp³-hybridized carbons (Fsp3) is 0.125. The van der Waals surface area contributed by atoms with Crippen molar-refractivity contribution in [3.63, 3.8) is 0 Å². The third-order valence-corrected chi connectivity index (χ3v) is 2.77. The molecule has 4 heteroatoms. The topological polar surface area (TPSA) is 43.8 Å². The van der Waals surface area contributed by atoms with Crippen LogP contribution in [0.5, 0.6) is 0 Å². The first-order valence-electron chi connectivity index (χ1n) is 3.56. The predicted octanol–water partition coefficient (Wildman–Crippen LogP) is 1.76. The minimum atomic E-state index is 0.564. The molecule has 0 spiro atoms. The average Bonchev–Trinajstić information content (AvgIpc) is 2.32. The van der Waals surface area contributed by atoms with Crippen molar-refractivity contribution in [3.05, 3.63) is 21.8 Å². The molecule has 0 amide bonds. The van der Waals surface area contributed by atoms with Crippen molar-refractivity contribution >= 4 is 39.6 Å². The van der Waals surface area contributed by atoms with Gasteiger partial charge in [0.25, 0.3) is 0 Å². The molecule has 0 unspecified atom stereocenters. The molecule has 0 aliphatic carbocycles. The maximum Gasteiger partial charge on any atom is 0.200 e. The first-order chi connectivity index (χ1) is 5.70. The van der Waals surface area contributed by atoms with Gasteiger partial charge in [0, 0.05) is 10.6 Å². The third-order valence-electron chi connectivity index (χ3n) is 1.90. The Morgan fingerprint density at radius 1 is 1.50 bits per heavy atom. The van der Waals surface area contributed by atoms with Gasteiger partial charge in [-0.25, -0.2) is 4.98 Å². The van der Waals surface area contributed by atoms with Crippen LogP contribution in [0, 0.1) is 3.57 Å². The highest BCUT2D eigenvalue weighted by Crippen LogP contribution is 2.20. The molecule has 2 aromatic rings. The van der Waals surface area contributed by atoms with Crippen molar-refractivity contribution in [2.24, 2.45) is 7.05 Å². The number of para-hydroxylation sites is 1. The van der Waals surface area contributed by atoms with Gasteiger partial charge < -0.3 is 10.3 Å². The van der Waals surface area contributed by atoms with E-state index in [1.165, 1.54) is 0 Å². The maximum absolute atomic E-state index is 5.67. The molecule has 2 N–H and O–H groups in total. The highest BCUT2D eigenvalue weighted by Gasteiger charge is 2.05. The van der Waals surface area contributed by atoms with E-state index in [0.29, 0.717) is 5.95 Å². The quantitative estimate of drug-likeness (QED) is 0.743. The van der Waals surface area contributed by atoms with Gasteiger partial charge in [-0.3, -0.25) is 0 Å². The maximum atomic E-state index is 5.67. The van der Waals surface area contributed by atoms with E-state index in [2.05, 4.69) is 27.6 Å². The lowest BCUT2D eigenvalue weighted by molar-refractivity contribution is 0.965. The smallest absolute Gasteiger partial charge is 0.200 e. The summed E-state index contributed by atoms with van der Waals surface area (Å²) >= 11 is 2.26. The molecular weight excluding hydrogens is 265 g/mol. The lowest BCUT2D eigenvalue weighted by Crippen LogP contribution is -1.95. The molecule has 0 fully saturated rings. The molecule has 62 valence electrons. The van der Waals surface area contributed by atoms with E-state index in [1.54, 1.807) is 0 Å². The minimum absolute atomic E-state index is 0.564. The Kier molecular flexibility index (Phi) is 1.71. The Morgan fingerprint density at radius 2 is 2.25 bits per heavy atom. The van der Waals surface area contributed by atoms with E-state index in [4.69, 9.17) is 5.73 Å². The van der Waals surface area contributed by atoms with Crippen LogP contribution in [0.2, 0.25) is 0 Å². The zero-order chi connectivity index (χ0) is 8.72. The van der Waals surface area contributed by atoms with Crippen LogP contribution in [0.1, 0.15) is 0 Å². The van der Waals surface area contributed by atoms with Gasteiger partial charge in [0.15, 0.2) is 0 Å². The van der Waals surface area contributed by atoms with Crippen LogP contribution in [-0.2, 0) is 7.05 Å². The Morgan fingerprint density at radius 3 is 2.92 bits per heavy atom. The minimum Gasteiger partial charge on any atom is -0.369 e. The monoisotopic (exact) mass is 273 g/mol. The number of rotatable bonds is 0. The lowest BCUT2D eigenvalue weighted by Gasteiger charge is -1.95. The highest BCUT2D eigenvalue weighted by molar-refractivity contribution is 14.1. The predicted molar refractivity (Wildman–Crippen MR) is 57.8 cm³/mol. The van der Waals surface area contributed by atoms with Gasteiger partial charge in [0.2, 0.25) is 5.95 Å². The van der Waals surface area contributed by atoms with Gasteiger partial charge >= 0.3 is 0 Å². The summed E-state index contributed by atoms with van der Waals surface area (Å²) in [6.45, 7) is 0. The van der Waals surface area contributed by atoms with Crippen molar-refractivity contribution in [3.8, 4) is 0 Å². The van der Waals surface area contributed by atoms with Crippen LogP contribution in [0.25, 0.3) is 11.0 Å². The second-order valence-electron chi connectivity index (χ2n) is 2.64. The number of fused-ring (bicyclic) bond motifs is 1.